The van der Waals surface area contributed by atoms with Crippen molar-refractivity contribution in [1.82, 2.24) is 19.7 Å². The first-order valence-electron chi connectivity index (χ1n) is 10.8. The summed E-state index contributed by atoms with van der Waals surface area (Å²) in [6.07, 6.45) is -0.941. The maximum atomic E-state index is 13.8. The molecule has 2 aromatic carbocycles. The highest BCUT2D eigenvalue weighted by atomic mass is 31.2. The van der Waals surface area contributed by atoms with Crippen LogP contribution in [0.4, 0.5) is 30.4 Å². The third kappa shape index (κ3) is 5.80. The quantitative estimate of drug-likeness (QED) is 0.209. The van der Waals surface area contributed by atoms with Gasteiger partial charge in [-0.2, -0.15) is 23.3 Å². The van der Waals surface area contributed by atoms with Gasteiger partial charge in [0.05, 0.1) is 17.4 Å². The number of ether oxygens (including phenoxy) is 1. The fraction of sp³-hybridized carbons (Fsp3) is 0.167. The number of alkyl halides is 3. The van der Waals surface area contributed by atoms with E-state index in [-0.39, 0.29) is 16.9 Å². The van der Waals surface area contributed by atoms with Crippen LogP contribution >= 0.6 is 7.14 Å². The third-order valence-corrected chi connectivity index (χ3v) is 6.84. The number of benzene rings is 2. The first-order chi connectivity index (χ1) is 17.3. The van der Waals surface area contributed by atoms with E-state index in [4.69, 9.17) is 10.5 Å². The van der Waals surface area contributed by atoms with Gasteiger partial charge in [0.1, 0.15) is 18.5 Å². The van der Waals surface area contributed by atoms with E-state index in [1.54, 1.807) is 48.4 Å². The Morgan fingerprint density at radius 2 is 1.84 bits per heavy atom. The minimum atomic E-state index is -4.83. The number of para-hydroxylation sites is 1. The number of aromatic nitrogens is 4. The Labute approximate surface area is 209 Å². The standard InChI is InChI=1S/C24H22F3N6O3P/c1-33-13-15(11-30-33)14-8-9-19(20(10-14)37(2,3)35)31-21-17(24(25,26)27)12-29-23(32-21)36-22(34)16-6-4-5-7-18(16)28/h4-13H,28H2,1-3H3,(H,29,31,32). The van der Waals surface area contributed by atoms with E-state index in [9.17, 15) is 22.5 Å². The molecule has 9 nitrogen and oxygen atoms in total. The normalized spacial score (nSPS) is 11.8. The Hall–Kier alpha value is -4.18. The Morgan fingerprint density at radius 1 is 1.11 bits per heavy atom. The Bertz CT molecular complexity index is 1530. The highest BCUT2D eigenvalue weighted by Gasteiger charge is 2.36. The number of halogens is 3. The molecule has 0 atom stereocenters. The summed E-state index contributed by atoms with van der Waals surface area (Å²) < 4.78 is 61.1. The van der Waals surface area contributed by atoms with Crippen molar-refractivity contribution in [3.8, 4) is 17.1 Å². The van der Waals surface area contributed by atoms with Gasteiger partial charge in [-0.05, 0) is 43.2 Å². The van der Waals surface area contributed by atoms with Gasteiger partial charge in [0.25, 0.3) is 0 Å². The second kappa shape index (κ2) is 9.70. The molecular formula is C24H22F3N6O3P. The van der Waals surface area contributed by atoms with E-state index in [2.05, 4.69) is 20.4 Å². The number of carbonyl (C=O) groups excluding carboxylic acids is 1. The van der Waals surface area contributed by atoms with Crippen LogP contribution in [0.15, 0.2) is 61.1 Å². The van der Waals surface area contributed by atoms with Crippen molar-refractivity contribution in [2.24, 2.45) is 7.05 Å². The average Bonchev–Trinajstić information content (AvgIpc) is 3.24. The fourth-order valence-electron chi connectivity index (χ4n) is 3.50. The number of hydrogen-bond acceptors (Lipinski definition) is 8. The van der Waals surface area contributed by atoms with Crippen LogP contribution in [-0.2, 0) is 17.8 Å². The van der Waals surface area contributed by atoms with Crippen molar-refractivity contribution >= 4 is 35.6 Å². The maximum absolute atomic E-state index is 13.8. The monoisotopic (exact) mass is 530 g/mol. The van der Waals surface area contributed by atoms with Crippen LogP contribution in [0.25, 0.3) is 11.1 Å². The number of anilines is 3. The van der Waals surface area contributed by atoms with E-state index in [1.165, 1.54) is 31.5 Å². The van der Waals surface area contributed by atoms with Crippen molar-refractivity contribution in [1.29, 1.82) is 0 Å². The molecule has 0 aliphatic rings. The molecule has 0 fully saturated rings. The topological polar surface area (TPSA) is 125 Å². The molecule has 2 heterocycles. The first kappa shape index (κ1) is 25.9. The molecule has 4 rings (SSSR count). The van der Waals surface area contributed by atoms with Crippen LogP contribution in [0.1, 0.15) is 15.9 Å². The van der Waals surface area contributed by atoms with Gasteiger partial charge in [0.2, 0.25) is 0 Å². The molecule has 0 bridgehead atoms. The number of nitrogens with one attached hydrogen (secondary N) is 1. The van der Waals surface area contributed by atoms with E-state index >= 15 is 0 Å². The summed E-state index contributed by atoms with van der Waals surface area (Å²) in [7, 11) is -1.24. The Balaban J connectivity index is 1.74. The van der Waals surface area contributed by atoms with Gasteiger partial charge in [-0.3, -0.25) is 4.68 Å². The summed E-state index contributed by atoms with van der Waals surface area (Å²) in [5, 5.41) is 7.04. The summed E-state index contributed by atoms with van der Waals surface area (Å²) in [5.41, 5.74) is 6.28. The predicted molar refractivity (Wildman–Crippen MR) is 134 cm³/mol. The van der Waals surface area contributed by atoms with Crippen LogP contribution in [0.3, 0.4) is 0 Å². The van der Waals surface area contributed by atoms with Crippen molar-refractivity contribution in [2.45, 2.75) is 6.18 Å². The van der Waals surface area contributed by atoms with Crippen molar-refractivity contribution in [3.05, 3.63) is 72.2 Å². The zero-order valence-electron chi connectivity index (χ0n) is 19.9. The van der Waals surface area contributed by atoms with Crippen molar-refractivity contribution in [3.63, 3.8) is 0 Å². The minimum Gasteiger partial charge on any atom is -0.398 e. The summed E-state index contributed by atoms with van der Waals surface area (Å²) in [4.78, 5) is 19.8. The summed E-state index contributed by atoms with van der Waals surface area (Å²) in [6, 6.07) is 10.2. The van der Waals surface area contributed by atoms with Crippen LogP contribution in [-0.4, -0.2) is 39.0 Å². The van der Waals surface area contributed by atoms with Crippen molar-refractivity contribution < 1.29 is 27.3 Å². The molecule has 0 aliphatic heterocycles. The zero-order valence-corrected chi connectivity index (χ0v) is 20.8. The molecule has 0 aliphatic carbocycles. The molecular weight excluding hydrogens is 508 g/mol. The first-order valence-corrected chi connectivity index (χ1v) is 13.4. The fourth-order valence-corrected chi connectivity index (χ4v) is 4.66. The number of nitrogens with zero attached hydrogens (tertiary/aromatic N) is 4. The van der Waals surface area contributed by atoms with Gasteiger partial charge in [-0.25, -0.2) is 9.78 Å². The molecule has 0 spiro atoms. The lowest BCUT2D eigenvalue weighted by atomic mass is 10.1. The van der Waals surface area contributed by atoms with Gasteiger partial charge in [0.15, 0.2) is 0 Å². The lowest BCUT2D eigenvalue weighted by Crippen LogP contribution is -2.17. The molecule has 3 N–H and O–H groups in total. The molecule has 0 saturated carbocycles. The number of hydrogen-bond donors (Lipinski definition) is 2. The molecule has 13 heteroatoms. The lowest BCUT2D eigenvalue weighted by molar-refractivity contribution is -0.137. The van der Waals surface area contributed by atoms with Gasteiger partial charge in [-0.1, -0.05) is 18.2 Å². The molecule has 0 saturated heterocycles. The van der Waals surface area contributed by atoms with E-state index < -0.39 is 36.7 Å². The highest BCUT2D eigenvalue weighted by molar-refractivity contribution is 7.70. The molecule has 0 amide bonds. The summed E-state index contributed by atoms with van der Waals surface area (Å²) >= 11 is 0. The smallest absolute Gasteiger partial charge is 0.398 e. The summed E-state index contributed by atoms with van der Waals surface area (Å²) in [5.74, 6) is -1.60. The van der Waals surface area contributed by atoms with Gasteiger partial charge in [0, 0.05) is 36.0 Å². The molecule has 4 aromatic rings. The van der Waals surface area contributed by atoms with Crippen LogP contribution in [0.2, 0.25) is 0 Å². The molecule has 0 unspecified atom stereocenters. The zero-order chi connectivity index (χ0) is 27.0. The Morgan fingerprint density at radius 3 is 2.46 bits per heavy atom. The van der Waals surface area contributed by atoms with E-state index in [0.717, 1.165) is 5.56 Å². The lowest BCUT2D eigenvalue weighted by Gasteiger charge is -2.19. The number of nitrogen functional groups attached to an aromatic ring is 1. The molecule has 2 aromatic heterocycles. The molecule has 192 valence electrons. The maximum Gasteiger partial charge on any atom is 0.421 e. The predicted octanol–water partition coefficient (Wildman–Crippen LogP) is 4.69. The second-order valence-electron chi connectivity index (χ2n) is 8.50. The van der Waals surface area contributed by atoms with E-state index in [1.807, 2.05) is 0 Å². The second-order valence-corrected chi connectivity index (χ2v) is 11.7. The summed E-state index contributed by atoms with van der Waals surface area (Å²) in [6.45, 7) is 3.01. The number of aryl methyl sites for hydroxylation is 1. The van der Waals surface area contributed by atoms with Crippen molar-refractivity contribution in [2.75, 3.05) is 24.4 Å². The largest absolute Gasteiger partial charge is 0.421 e. The molecule has 0 radical (unpaired) electrons. The SMILES string of the molecule is Cn1cc(-c2ccc(Nc3nc(OC(=O)c4ccccc4N)ncc3C(F)(F)F)c(P(C)(C)=O)c2)cn1. The number of carbonyl (C=O) groups is 1. The molecule has 37 heavy (non-hydrogen) atoms. The van der Waals surface area contributed by atoms with Gasteiger partial charge >= 0.3 is 18.2 Å². The number of nitrogens with two attached hydrogens (primary N) is 1. The van der Waals surface area contributed by atoms with Crippen LogP contribution < -0.4 is 21.1 Å². The Kier molecular flexibility index (Phi) is 6.79. The van der Waals surface area contributed by atoms with E-state index in [0.29, 0.717) is 17.1 Å². The average molecular weight is 530 g/mol. The highest BCUT2D eigenvalue weighted by Crippen LogP contribution is 2.41. The van der Waals surface area contributed by atoms with Crippen LogP contribution in [0.5, 0.6) is 6.01 Å². The van der Waals surface area contributed by atoms with Crippen LogP contribution in [0, 0.1) is 0 Å². The number of esters is 1. The number of rotatable bonds is 6. The van der Waals surface area contributed by atoms with Gasteiger partial charge in [-0.15, -0.1) is 0 Å². The third-order valence-electron chi connectivity index (χ3n) is 5.31. The minimum absolute atomic E-state index is 0.00619. The van der Waals surface area contributed by atoms with Gasteiger partial charge < -0.3 is 20.4 Å².